The van der Waals surface area contributed by atoms with Crippen molar-refractivity contribution >= 4 is 51.1 Å². The molecule has 0 bridgehead atoms. The summed E-state index contributed by atoms with van der Waals surface area (Å²) in [4.78, 5) is 4.52. The maximum absolute atomic E-state index is 2.31. The molecule has 0 radical (unpaired) electrons. The van der Waals surface area contributed by atoms with Gasteiger partial charge in [0.15, 0.2) is 0 Å². The molecule has 0 aliphatic heterocycles. The third kappa shape index (κ3) is 4.20. The van der Waals surface area contributed by atoms with Crippen LogP contribution in [0.4, 0.5) is 28.4 Å². The minimum atomic E-state index is 1.16. The van der Waals surface area contributed by atoms with Crippen LogP contribution in [0, 0.1) is 6.92 Å². The van der Waals surface area contributed by atoms with Gasteiger partial charge in [0.2, 0.25) is 0 Å². The zero-order chi connectivity index (χ0) is 21.9. The van der Waals surface area contributed by atoms with Crippen LogP contribution in [0.2, 0.25) is 0 Å². The molecule has 5 rings (SSSR count). The number of aryl methyl sites for hydroxylation is 1. The second-order valence-corrected chi connectivity index (χ2v) is 9.35. The van der Waals surface area contributed by atoms with E-state index in [-0.39, 0.29) is 0 Å². The summed E-state index contributed by atoms with van der Waals surface area (Å²) < 4.78 is 0. The fourth-order valence-electron chi connectivity index (χ4n) is 3.88. The standard InChI is InChI=1S/C28H24N2S2/c1-21-4-3-5-26(18-21)30(28-15-17-32-20-28)25-12-8-23(9-13-25)22-6-10-24(11-7-22)29(2)27-14-16-31-19-27/h3-20H,1-2H3. The van der Waals surface area contributed by atoms with E-state index in [1.165, 1.54) is 39.4 Å². The van der Waals surface area contributed by atoms with Crippen LogP contribution >= 0.6 is 22.7 Å². The molecule has 0 unspecified atom stereocenters. The molecular formula is C28H24N2S2. The fraction of sp³-hybridized carbons (Fsp3) is 0.0714. The number of hydrogen-bond donors (Lipinski definition) is 0. The van der Waals surface area contributed by atoms with E-state index in [2.05, 4.69) is 130 Å². The van der Waals surface area contributed by atoms with E-state index in [0.29, 0.717) is 0 Å². The average molecular weight is 453 g/mol. The minimum Gasteiger partial charge on any atom is -0.344 e. The van der Waals surface area contributed by atoms with Crippen LogP contribution in [0.25, 0.3) is 11.1 Å². The van der Waals surface area contributed by atoms with Gasteiger partial charge in [-0.3, -0.25) is 0 Å². The molecule has 158 valence electrons. The third-order valence-electron chi connectivity index (χ3n) is 5.63. The molecule has 0 aliphatic rings. The molecule has 2 aromatic heterocycles. The van der Waals surface area contributed by atoms with Crippen LogP contribution in [0.5, 0.6) is 0 Å². The van der Waals surface area contributed by atoms with Crippen molar-refractivity contribution in [2.75, 3.05) is 16.8 Å². The van der Waals surface area contributed by atoms with Gasteiger partial charge in [-0.1, -0.05) is 36.4 Å². The summed E-state index contributed by atoms with van der Waals surface area (Å²) in [6, 6.07) is 30.6. The molecule has 0 saturated heterocycles. The molecule has 0 amide bonds. The molecular weight excluding hydrogens is 428 g/mol. The Hall–Kier alpha value is -3.34. The Morgan fingerprint density at radius 1 is 0.562 bits per heavy atom. The van der Waals surface area contributed by atoms with Gasteiger partial charge in [0.1, 0.15) is 0 Å². The number of rotatable bonds is 6. The molecule has 5 aromatic rings. The normalized spacial score (nSPS) is 10.8. The molecule has 2 heterocycles. The van der Waals surface area contributed by atoms with Gasteiger partial charge in [-0.2, -0.15) is 22.7 Å². The summed E-state index contributed by atoms with van der Waals surface area (Å²) in [5.74, 6) is 0. The largest absolute Gasteiger partial charge is 0.344 e. The predicted octanol–water partition coefficient (Wildman–Crippen LogP) is 9.02. The van der Waals surface area contributed by atoms with Gasteiger partial charge in [0.25, 0.3) is 0 Å². The lowest BCUT2D eigenvalue weighted by molar-refractivity contribution is 1.22. The second-order valence-electron chi connectivity index (χ2n) is 7.79. The van der Waals surface area contributed by atoms with Crippen molar-refractivity contribution in [2.24, 2.45) is 0 Å². The number of benzene rings is 3. The van der Waals surface area contributed by atoms with E-state index < -0.39 is 0 Å². The van der Waals surface area contributed by atoms with Gasteiger partial charge in [-0.25, -0.2) is 0 Å². The van der Waals surface area contributed by atoms with Gasteiger partial charge in [-0.05, 0) is 82.9 Å². The molecule has 0 spiro atoms. The van der Waals surface area contributed by atoms with Crippen LogP contribution in [0.15, 0.2) is 106 Å². The average Bonchev–Trinajstić information content (AvgIpc) is 3.55. The van der Waals surface area contributed by atoms with Gasteiger partial charge < -0.3 is 9.80 Å². The maximum Gasteiger partial charge on any atom is 0.0568 e. The fourth-order valence-corrected chi connectivity index (χ4v) is 5.17. The summed E-state index contributed by atoms with van der Waals surface area (Å²) in [5, 5.41) is 8.60. The summed E-state index contributed by atoms with van der Waals surface area (Å²) in [6.07, 6.45) is 0. The molecule has 3 aromatic carbocycles. The van der Waals surface area contributed by atoms with E-state index in [1.54, 1.807) is 22.7 Å². The van der Waals surface area contributed by atoms with Crippen molar-refractivity contribution in [1.29, 1.82) is 0 Å². The van der Waals surface area contributed by atoms with Crippen LogP contribution < -0.4 is 9.80 Å². The SMILES string of the molecule is Cc1cccc(N(c2ccc(-c3ccc(N(C)c4ccsc4)cc3)cc2)c2ccsc2)c1. The number of anilines is 5. The second kappa shape index (κ2) is 9.03. The quantitative estimate of drug-likeness (QED) is 0.253. The minimum absolute atomic E-state index is 1.16. The maximum atomic E-state index is 2.31. The van der Waals surface area contributed by atoms with Crippen molar-refractivity contribution in [3.05, 3.63) is 112 Å². The van der Waals surface area contributed by atoms with Gasteiger partial charge in [-0.15, -0.1) is 0 Å². The van der Waals surface area contributed by atoms with Crippen LogP contribution in [0.1, 0.15) is 5.56 Å². The highest BCUT2D eigenvalue weighted by atomic mass is 32.1. The van der Waals surface area contributed by atoms with Crippen molar-refractivity contribution in [3.63, 3.8) is 0 Å². The smallest absolute Gasteiger partial charge is 0.0568 e. The van der Waals surface area contributed by atoms with Crippen molar-refractivity contribution < 1.29 is 0 Å². The number of hydrogen-bond acceptors (Lipinski definition) is 4. The van der Waals surface area contributed by atoms with Gasteiger partial charge in [0, 0.05) is 34.9 Å². The van der Waals surface area contributed by atoms with Gasteiger partial charge in [0.05, 0.1) is 11.4 Å². The summed E-state index contributed by atoms with van der Waals surface area (Å²) in [7, 11) is 2.11. The molecule has 2 nitrogen and oxygen atoms in total. The van der Waals surface area contributed by atoms with Gasteiger partial charge >= 0.3 is 0 Å². The zero-order valence-electron chi connectivity index (χ0n) is 18.1. The Morgan fingerprint density at radius 2 is 1.16 bits per heavy atom. The Bertz CT molecular complexity index is 1270. The van der Waals surface area contributed by atoms with Crippen LogP contribution in [0.3, 0.4) is 0 Å². The van der Waals surface area contributed by atoms with E-state index in [0.717, 1.165) is 5.69 Å². The number of nitrogens with zero attached hydrogens (tertiary/aromatic N) is 2. The van der Waals surface area contributed by atoms with E-state index in [4.69, 9.17) is 0 Å². The Labute approximate surface area is 197 Å². The van der Waals surface area contributed by atoms with E-state index in [1.807, 2.05) is 0 Å². The highest BCUT2D eigenvalue weighted by molar-refractivity contribution is 7.08. The highest BCUT2D eigenvalue weighted by Gasteiger charge is 2.13. The lowest BCUT2D eigenvalue weighted by atomic mass is 10.0. The van der Waals surface area contributed by atoms with Crippen molar-refractivity contribution in [3.8, 4) is 11.1 Å². The van der Waals surface area contributed by atoms with Crippen LogP contribution in [-0.4, -0.2) is 7.05 Å². The molecule has 0 atom stereocenters. The summed E-state index contributed by atoms with van der Waals surface area (Å²) >= 11 is 3.44. The monoisotopic (exact) mass is 452 g/mol. The molecule has 0 aliphatic carbocycles. The van der Waals surface area contributed by atoms with Crippen LogP contribution in [-0.2, 0) is 0 Å². The van der Waals surface area contributed by atoms with E-state index >= 15 is 0 Å². The van der Waals surface area contributed by atoms with Crippen molar-refractivity contribution in [2.45, 2.75) is 6.92 Å². The summed E-state index contributed by atoms with van der Waals surface area (Å²) in [6.45, 7) is 2.14. The first kappa shape index (κ1) is 20.6. The summed E-state index contributed by atoms with van der Waals surface area (Å²) in [5.41, 5.74) is 9.62. The Kier molecular flexibility index (Phi) is 5.80. The highest BCUT2D eigenvalue weighted by Crippen LogP contribution is 2.37. The third-order valence-corrected chi connectivity index (χ3v) is 6.97. The lowest BCUT2D eigenvalue weighted by Crippen LogP contribution is -2.09. The molecule has 32 heavy (non-hydrogen) atoms. The van der Waals surface area contributed by atoms with E-state index in [9.17, 15) is 0 Å². The predicted molar refractivity (Wildman–Crippen MR) is 142 cm³/mol. The Balaban J connectivity index is 1.43. The zero-order valence-corrected chi connectivity index (χ0v) is 19.7. The lowest BCUT2D eigenvalue weighted by Gasteiger charge is -2.24. The first-order chi connectivity index (χ1) is 15.7. The molecule has 0 N–H and O–H groups in total. The number of thiophene rings is 2. The topological polar surface area (TPSA) is 6.48 Å². The molecule has 0 saturated carbocycles. The first-order valence-electron chi connectivity index (χ1n) is 10.5. The Morgan fingerprint density at radius 3 is 1.72 bits per heavy atom. The molecule has 4 heteroatoms. The first-order valence-corrected chi connectivity index (χ1v) is 12.4. The van der Waals surface area contributed by atoms with Crippen molar-refractivity contribution in [1.82, 2.24) is 0 Å². The molecule has 0 fully saturated rings.